The van der Waals surface area contributed by atoms with Crippen molar-refractivity contribution in [1.29, 1.82) is 5.26 Å². The number of rotatable bonds is 3. The molecule has 0 spiro atoms. The summed E-state index contributed by atoms with van der Waals surface area (Å²) in [5.41, 5.74) is 8.69. The number of hydrogen-bond acceptors (Lipinski definition) is 2. The third kappa shape index (κ3) is 2.01. The van der Waals surface area contributed by atoms with Crippen LogP contribution in [-0.4, -0.2) is 0 Å². The summed E-state index contributed by atoms with van der Waals surface area (Å²) < 4.78 is 0. The van der Waals surface area contributed by atoms with Gasteiger partial charge in [0, 0.05) is 6.04 Å². The number of nitrogens with two attached hydrogens (primary N) is 1. The van der Waals surface area contributed by atoms with Crippen molar-refractivity contribution >= 4 is 0 Å². The maximum absolute atomic E-state index is 8.76. The number of benzene rings is 1. The second kappa shape index (κ2) is 4.59. The van der Waals surface area contributed by atoms with Crippen molar-refractivity contribution in [1.82, 2.24) is 0 Å². The molecular formula is C12H14N2. The van der Waals surface area contributed by atoms with E-state index in [9.17, 15) is 0 Å². The molecule has 0 aliphatic rings. The van der Waals surface area contributed by atoms with Crippen LogP contribution in [0.25, 0.3) is 0 Å². The van der Waals surface area contributed by atoms with Gasteiger partial charge >= 0.3 is 0 Å². The summed E-state index contributed by atoms with van der Waals surface area (Å²) in [6.45, 7) is 5.73. The molecule has 0 bridgehead atoms. The molecule has 0 saturated carbocycles. The lowest BCUT2D eigenvalue weighted by Gasteiger charge is -2.12. The van der Waals surface area contributed by atoms with Gasteiger partial charge in [-0.05, 0) is 29.7 Å². The number of hydrogen-bond donors (Lipinski definition) is 1. The highest BCUT2D eigenvalue weighted by Crippen LogP contribution is 2.19. The minimum Gasteiger partial charge on any atom is -0.321 e. The van der Waals surface area contributed by atoms with Crippen molar-refractivity contribution in [2.45, 2.75) is 19.4 Å². The number of aryl methyl sites for hydroxylation is 1. The predicted molar refractivity (Wildman–Crippen MR) is 57.7 cm³/mol. The van der Waals surface area contributed by atoms with Gasteiger partial charge in [0.2, 0.25) is 0 Å². The highest BCUT2D eigenvalue weighted by molar-refractivity contribution is 5.40. The highest BCUT2D eigenvalue weighted by atomic mass is 14.6. The molecule has 0 aliphatic carbocycles. The van der Waals surface area contributed by atoms with Crippen molar-refractivity contribution in [2.24, 2.45) is 5.73 Å². The first-order valence-corrected chi connectivity index (χ1v) is 4.64. The summed E-state index contributed by atoms with van der Waals surface area (Å²) in [6, 6.07) is 7.54. The van der Waals surface area contributed by atoms with E-state index in [0.29, 0.717) is 5.56 Å². The molecule has 1 aromatic carbocycles. The zero-order valence-corrected chi connectivity index (χ0v) is 8.33. The average Bonchev–Trinajstić information content (AvgIpc) is 2.27. The summed E-state index contributed by atoms with van der Waals surface area (Å²) in [6.07, 6.45) is 2.61. The molecule has 0 unspecified atom stereocenters. The van der Waals surface area contributed by atoms with Gasteiger partial charge in [0.05, 0.1) is 11.6 Å². The van der Waals surface area contributed by atoms with Crippen LogP contribution in [0.3, 0.4) is 0 Å². The van der Waals surface area contributed by atoms with Crippen LogP contribution in [0.15, 0.2) is 30.9 Å². The smallest absolute Gasteiger partial charge is 0.0991 e. The predicted octanol–water partition coefficient (Wildman–Crippen LogP) is 2.31. The lowest BCUT2D eigenvalue weighted by Crippen LogP contribution is -2.09. The zero-order chi connectivity index (χ0) is 10.6. The van der Waals surface area contributed by atoms with Crippen molar-refractivity contribution in [3.63, 3.8) is 0 Å². The van der Waals surface area contributed by atoms with Crippen LogP contribution in [0.5, 0.6) is 0 Å². The molecule has 1 rings (SSSR count). The van der Waals surface area contributed by atoms with E-state index in [0.717, 1.165) is 12.0 Å². The molecule has 2 N–H and O–H groups in total. The molecule has 1 aromatic rings. The first-order valence-electron chi connectivity index (χ1n) is 4.64. The molecule has 0 aliphatic heterocycles. The van der Waals surface area contributed by atoms with Crippen LogP contribution >= 0.6 is 0 Å². The minimum absolute atomic E-state index is 0.182. The van der Waals surface area contributed by atoms with E-state index in [4.69, 9.17) is 11.0 Å². The minimum atomic E-state index is -0.182. The monoisotopic (exact) mass is 186 g/mol. The Morgan fingerprint density at radius 3 is 2.86 bits per heavy atom. The summed E-state index contributed by atoms with van der Waals surface area (Å²) in [7, 11) is 0. The standard InChI is InChI=1S/C12H14N2/c1-3-10-6-5-9(8-13)7-11(10)12(14)4-2/h4-7,12H,2-3,14H2,1H3/t12-/m1/s1. The molecule has 14 heavy (non-hydrogen) atoms. The van der Waals surface area contributed by atoms with Gasteiger partial charge in [0.1, 0.15) is 0 Å². The van der Waals surface area contributed by atoms with Crippen LogP contribution in [0.2, 0.25) is 0 Å². The zero-order valence-electron chi connectivity index (χ0n) is 8.33. The van der Waals surface area contributed by atoms with E-state index in [1.54, 1.807) is 6.08 Å². The van der Waals surface area contributed by atoms with E-state index in [1.165, 1.54) is 5.56 Å². The Kier molecular flexibility index (Phi) is 3.44. The van der Waals surface area contributed by atoms with Crippen molar-refractivity contribution in [3.8, 4) is 6.07 Å². The van der Waals surface area contributed by atoms with Crippen LogP contribution in [0.1, 0.15) is 29.7 Å². The van der Waals surface area contributed by atoms with Gasteiger partial charge in [0.15, 0.2) is 0 Å². The lowest BCUT2D eigenvalue weighted by atomic mass is 9.97. The van der Waals surface area contributed by atoms with Crippen LogP contribution in [0, 0.1) is 11.3 Å². The SMILES string of the molecule is C=C[C@@H](N)c1cc(C#N)ccc1CC. The molecular weight excluding hydrogens is 172 g/mol. The van der Waals surface area contributed by atoms with Gasteiger partial charge in [-0.2, -0.15) is 5.26 Å². The van der Waals surface area contributed by atoms with Gasteiger partial charge in [-0.25, -0.2) is 0 Å². The fourth-order valence-corrected chi connectivity index (χ4v) is 1.42. The van der Waals surface area contributed by atoms with Crippen LogP contribution in [0.4, 0.5) is 0 Å². The summed E-state index contributed by atoms with van der Waals surface area (Å²) in [4.78, 5) is 0. The second-order valence-corrected chi connectivity index (χ2v) is 3.14. The van der Waals surface area contributed by atoms with Gasteiger partial charge in [-0.3, -0.25) is 0 Å². The topological polar surface area (TPSA) is 49.8 Å². The highest BCUT2D eigenvalue weighted by Gasteiger charge is 2.07. The first kappa shape index (κ1) is 10.5. The first-order chi connectivity index (χ1) is 6.72. The number of nitrogens with zero attached hydrogens (tertiary/aromatic N) is 1. The van der Waals surface area contributed by atoms with Crippen molar-refractivity contribution in [2.75, 3.05) is 0 Å². The lowest BCUT2D eigenvalue weighted by molar-refractivity contribution is 0.885. The van der Waals surface area contributed by atoms with E-state index < -0.39 is 0 Å². The van der Waals surface area contributed by atoms with Crippen LogP contribution in [-0.2, 0) is 6.42 Å². The molecule has 0 radical (unpaired) electrons. The molecule has 0 amide bonds. The molecule has 2 heteroatoms. The van der Waals surface area contributed by atoms with E-state index in [1.807, 2.05) is 18.2 Å². The molecule has 0 heterocycles. The second-order valence-electron chi connectivity index (χ2n) is 3.14. The normalized spacial score (nSPS) is 11.8. The molecule has 72 valence electrons. The Labute approximate surface area is 84.7 Å². The Hall–Kier alpha value is -1.59. The quantitative estimate of drug-likeness (QED) is 0.736. The molecule has 0 fully saturated rings. The van der Waals surface area contributed by atoms with Gasteiger partial charge in [-0.1, -0.05) is 19.1 Å². The maximum atomic E-state index is 8.76. The third-order valence-electron chi connectivity index (χ3n) is 2.27. The maximum Gasteiger partial charge on any atom is 0.0991 e. The summed E-state index contributed by atoms with van der Waals surface area (Å²) >= 11 is 0. The Balaban J connectivity index is 3.22. The van der Waals surface area contributed by atoms with Crippen LogP contribution < -0.4 is 5.73 Å². The fourth-order valence-electron chi connectivity index (χ4n) is 1.42. The molecule has 0 aromatic heterocycles. The van der Waals surface area contributed by atoms with Gasteiger partial charge < -0.3 is 5.73 Å². The molecule has 0 saturated heterocycles. The average molecular weight is 186 g/mol. The fraction of sp³-hybridized carbons (Fsp3) is 0.250. The summed E-state index contributed by atoms with van der Waals surface area (Å²) in [5.74, 6) is 0. The van der Waals surface area contributed by atoms with Crippen molar-refractivity contribution < 1.29 is 0 Å². The van der Waals surface area contributed by atoms with Crippen molar-refractivity contribution in [3.05, 3.63) is 47.5 Å². The van der Waals surface area contributed by atoms with Gasteiger partial charge in [0.25, 0.3) is 0 Å². The Morgan fingerprint density at radius 1 is 1.64 bits per heavy atom. The molecule has 1 atom stereocenters. The third-order valence-corrected chi connectivity index (χ3v) is 2.27. The Bertz CT molecular complexity index is 374. The van der Waals surface area contributed by atoms with E-state index in [-0.39, 0.29) is 6.04 Å². The van der Waals surface area contributed by atoms with E-state index >= 15 is 0 Å². The largest absolute Gasteiger partial charge is 0.321 e. The van der Waals surface area contributed by atoms with E-state index in [2.05, 4.69) is 19.6 Å². The summed E-state index contributed by atoms with van der Waals surface area (Å²) in [5, 5.41) is 8.76. The Morgan fingerprint density at radius 2 is 2.36 bits per heavy atom. The molecule has 2 nitrogen and oxygen atoms in total. The van der Waals surface area contributed by atoms with Gasteiger partial charge in [-0.15, -0.1) is 6.58 Å². The number of nitriles is 1.